The summed E-state index contributed by atoms with van der Waals surface area (Å²) in [6, 6.07) is 11.7. The van der Waals surface area contributed by atoms with Crippen molar-refractivity contribution < 1.29 is 21.8 Å². The summed E-state index contributed by atoms with van der Waals surface area (Å²) in [5, 5.41) is 0.162. The fraction of sp³-hybridized carbons (Fsp3) is 0.478. The molecule has 0 atom stereocenters. The highest BCUT2D eigenvalue weighted by atomic mass is 79.9. The van der Waals surface area contributed by atoms with Crippen LogP contribution >= 0.6 is 15.9 Å². The standard InChI is InChI=1S/C23H33BrO5SSi/c1-17-8-9-19(15-29-31(6,7)23(2,3)4)13-22(17)27-16-20-12-18(10-11-21(20)24)14-28-30(5,25)26/h8-13H,14-16H2,1-7H3. The van der Waals surface area contributed by atoms with Crippen molar-refractivity contribution >= 4 is 34.4 Å². The normalized spacial score (nSPS) is 12.8. The van der Waals surface area contributed by atoms with Gasteiger partial charge in [0.2, 0.25) is 0 Å². The topological polar surface area (TPSA) is 61.8 Å². The predicted octanol–water partition coefficient (Wildman–Crippen LogP) is 6.33. The summed E-state index contributed by atoms with van der Waals surface area (Å²) < 4.78 is 40.7. The van der Waals surface area contributed by atoms with Crippen LogP contribution in [0.2, 0.25) is 18.1 Å². The van der Waals surface area contributed by atoms with Crippen LogP contribution in [0.5, 0.6) is 5.75 Å². The summed E-state index contributed by atoms with van der Waals surface area (Å²) >= 11 is 3.54. The lowest BCUT2D eigenvalue weighted by atomic mass is 10.1. The Morgan fingerprint density at radius 2 is 1.58 bits per heavy atom. The van der Waals surface area contributed by atoms with Crippen LogP contribution in [-0.4, -0.2) is 23.0 Å². The predicted molar refractivity (Wildman–Crippen MR) is 131 cm³/mol. The zero-order valence-corrected chi connectivity index (χ0v) is 22.8. The second-order valence-electron chi connectivity index (χ2n) is 9.33. The monoisotopic (exact) mass is 528 g/mol. The highest BCUT2D eigenvalue weighted by molar-refractivity contribution is 9.10. The maximum absolute atomic E-state index is 11.2. The Hall–Kier alpha value is -1.19. The molecule has 0 saturated carbocycles. The van der Waals surface area contributed by atoms with Crippen LogP contribution in [0.3, 0.4) is 0 Å². The molecule has 0 amide bonds. The van der Waals surface area contributed by atoms with Gasteiger partial charge in [-0.25, -0.2) is 0 Å². The van der Waals surface area contributed by atoms with Gasteiger partial charge >= 0.3 is 0 Å². The molecule has 172 valence electrons. The fourth-order valence-electron chi connectivity index (χ4n) is 2.53. The van der Waals surface area contributed by atoms with E-state index in [1.165, 1.54) is 0 Å². The van der Waals surface area contributed by atoms with E-state index in [0.29, 0.717) is 13.2 Å². The van der Waals surface area contributed by atoms with Crippen LogP contribution in [0.25, 0.3) is 0 Å². The van der Waals surface area contributed by atoms with E-state index in [2.05, 4.69) is 55.9 Å². The van der Waals surface area contributed by atoms with E-state index >= 15 is 0 Å². The molecule has 8 heteroatoms. The molecule has 0 saturated heterocycles. The molecular weight excluding hydrogens is 496 g/mol. The number of benzene rings is 2. The number of hydrogen-bond acceptors (Lipinski definition) is 5. The largest absolute Gasteiger partial charge is 0.489 e. The van der Waals surface area contributed by atoms with E-state index in [0.717, 1.165) is 38.7 Å². The van der Waals surface area contributed by atoms with Gasteiger partial charge in [-0.15, -0.1) is 0 Å². The molecule has 5 nitrogen and oxygen atoms in total. The van der Waals surface area contributed by atoms with Gasteiger partial charge in [0.05, 0.1) is 19.5 Å². The van der Waals surface area contributed by atoms with E-state index in [1.54, 1.807) is 0 Å². The van der Waals surface area contributed by atoms with Gasteiger partial charge in [-0.2, -0.15) is 8.42 Å². The van der Waals surface area contributed by atoms with Crippen LogP contribution in [0.1, 0.15) is 43.0 Å². The van der Waals surface area contributed by atoms with Gasteiger partial charge in [-0.05, 0) is 59.9 Å². The molecule has 0 aliphatic rings. The highest BCUT2D eigenvalue weighted by Crippen LogP contribution is 2.37. The molecule has 0 N–H and O–H groups in total. The zero-order chi connectivity index (χ0) is 23.4. The van der Waals surface area contributed by atoms with Crippen molar-refractivity contribution in [1.82, 2.24) is 0 Å². The lowest BCUT2D eigenvalue weighted by Crippen LogP contribution is -2.40. The number of rotatable bonds is 9. The molecule has 0 bridgehead atoms. The molecule has 0 aliphatic heterocycles. The maximum Gasteiger partial charge on any atom is 0.264 e. The van der Waals surface area contributed by atoms with Crippen LogP contribution in [0.4, 0.5) is 0 Å². The third kappa shape index (κ3) is 8.02. The van der Waals surface area contributed by atoms with Crippen LogP contribution in [0, 0.1) is 6.92 Å². The summed E-state index contributed by atoms with van der Waals surface area (Å²) in [6.45, 7) is 14.1. The quantitative estimate of drug-likeness (QED) is 0.281. The first-order valence-electron chi connectivity index (χ1n) is 10.2. The van der Waals surface area contributed by atoms with Crippen molar-refractivity contribution in [3.8, 4) is 5.75 Å². The van der Waals surface area contributed by atoms with Crippen molar-refractivity contribution in [2.75, 3.05) is 6.26 Å². The van der Waals surface area contributed by atoms with Gasteiger partial charge in [0, 0.05) is 10.0 Å². The molecular formula is C23H33BrO5SSi. The van der Waals surface area contributed by atoms with E-state index in [9.17, 15) is 8.42 Å². The molecule has 2 aromatic rings. The molecule has 2 aromatic carbocycles. The van der Waals surface area contributed by atoms with Crippen LogP contribution in [0.15, 0.2) is 40.9 Å². The minimum Gasteiger partial charge on any atom is -0.489 e. The first kappa shape index (κ1) is 26.1. The number of ether oxygens (including phenoxy) is 1. The van der Waals surface area contributed by atoms with E-state index in [-0.39, 0.29) is 11.6 Å². The smallest absolute Gasteiger partial charge is 0.264 e. The van der Waals surface area contributed by atoms with Crippen molar-refractivity contribution in [3.63, 3.8) is 0 Å². The number of halogens is 1. The number of aryl methyl sites for hydroxylation is 1. The van der Waals surface area contributed by atoms with Crippen molar-refractivity contribution in [1.29, 1.82) is 0 Å². The first-order chi connectivity index (χ1) is 14.2. The molecule has 2 rings (SSSR count). The molecule has 0 heterocycles. The van der Waals surface area contributed by atoms with E-state index < -0.39 is 18.4 Å². The highest BCUT2D eigenvalue weighted by Gasteiger charge is 2.37. The third-order valence-electron chi connectivity index (χ3n) is 5.59. The summed E-state index contributed by atoms with van der Waals surface area (Å²) in [5.74, 6) is 0.807. The Morgan fingerprint density at radius 3 is 2.19 bits per heavy atom. The number of hydrogen-bond donors (Lipinski definition) is 0. The van der Waals surface area contributed by atoms with Gasteiger partial charge in [0.25, 0.3) is 10.1 Å². The Balaban J connectivity index is 2.09. The second kappa shape index (κ2) is 10.2. The lowest BCUT2D eigenvalue weighted by Gasteiger charge is -2.36. The van der Waals surface area contributed by atoms with Crippen molar-refractivity contribution in [2.45, 2.75) is 65.6 Å². The molecule has 0 radical (unpaired) electrons. The Labute approximate surface area is 196 Å². The van der Waals surface area contributed by atoms with Gasteiger partial charge in [-0.3, -0.25) is 4.18 Å². The summed E-state index contributed by atoms with van der Waals surface area (Å²) in [4.78, 5) is 0. The van der Waals surface area contributed by atoms with Gasteiger partial charge in [0.1, 0.15) is 12.4 Å². The maximum atomic E-state index is 11.2. The average Bonchev–Trinajstić information content (AvgIpc) is 2.64. The minimum absolute atomic E-state index is 0.00157. The van der Waals surface area contributed by atoms with Crippen LogP contribution < -0.4 is 4.74 Å². The summed E-state index contributed by atoms with van der Waals surface area (Å²) in [6.07, 6.45) is 1.04. The Bertz CT molecular complexity index is 1010. The molecule has 31 heavy (non-hydrogen) atoms. The first-order valence-corrected chi connectivity index (χ1v) is 15.7. The molecule has 0 unspecified atom stereocenters. The van der Waals surface area contributed by atoms with Crippen LogP contribution in [-0.2, 0) is 38.5 Å². The Morgan fingerprint density at radius 1 is 0.968 bits per heavy atom. The lowest BCUT2D eigenvalue weighted by molar-refractivity contribution is 0.273. The minimum atomic E-state index is -3.49. The summed E-state index contributed by atoms with van der Waals surface area (Å²) in [7, 11) is -5.32. The average molecular weight is 530 g/mol. The Kier molecular flexibility index (Phi) is 8.55. The fourth-order valence-corrected chi connectivity index (χ4v) is 4.20. The van der Waals surface area contributed by atoms with Crippen molar-refractivity contribution in [3.05, 3.63) is 63.1 Å². The van der Waals surface area contributed by atoms with Gasteiger partial charge in [-0.1, -0.05) is 54.9 Å². The van der Waals surface area contributed by atoms with Gasteiger partial charge < -0.3 is 9.16 Å². The molecule has 0 aromatic heterocycles. The third-order valence-corrected chi connectivity index (χ3v) is 11.4. The van der Waals surface area contributed by atoms with E-state index in [4.69, 9.17) is 13.3 Å². The summed E-state index contributed by atoms with van der Waals surface area (Å²) in [5.41, 5.74) is 3.81. The molecule has 0 fully saturated rings. The van der Waals surface area contributed by atoms with Crippen molar-refractivity contribution in [2.24, 2.45) is 0 Å². The second-order valence-corrected chi connectivity index (χ2v) is 16.6. The molecule has 0 aliphatic carbocycles. The SMILES string of the molecule is Cc1ccc(CO[Si](C)(C)C(C)(C)C)cc1OCc1cc(COS(C)(=O)=O)ccc1Br. The van der Waals surface area contributed by atoms with Gasteiger partial charge in [0.15, 0.2) is 8.32 Å². The zero-order valence-electron chi connectivity index (χ0n) is 19.4. The molecule has 0 spiro atoms. The van der Waals surface area contributed by atoms with E-state index in [1.807, 2.05) is 37.3 Å².